The molecule has 0 spiro atoms. The van der Waals surface area contributed by atoms with Crippen LogP contribution >= 0.6 is 0 Å². The zero-order chi connectivity index (χ0) is 16.0. The number of hydrogen-bond donors (Lipinski definition) is 0. The van der Waals surface area contributed by atoms with Crippen LogP contribution in [0.15, 0.2) is 0 Å². The van der Waals surface area contributed by atoms with Crippen molar-refractivity contribution in [2.24, 2.45) is 28.6 Å². The molecule has 1 atom stereocenters. The van der Waals surface area contributed by atoms with Gasteiger partial charge in [-0.05, 0) is 83.5 Å². The van der Waals surface area contributed by atoms with Gasteiger partial charge in [-0.15, -0.1) is 0 Å². The van der Waals surface area contributed by atoms with Gasteiger partial charge in [0.15, 0.2) is 0 Å². The van der Waals surface area contributed by atoms with Crippen molar-refractivity contribution in [3.63, 3.8) is 0 Å². The lowest BCUT2D eigenvalue weighted by atomic mass is 9.49. The molecular formula is C19H32O3. The van der Waals surface area contributed by atoms with Crippen molar-refractivity contribution in [2.75, 3.05) is 6.61 Å². The van der Waals surface area contributed by atoms with Crippen molar-refractivity contribution in [2.45, 2.75) is 78.9 Å². The molecule has 3 heteroatoms. The number of carbonyl (C=O) groups is 1. The maximum Gasteiger partial charge on any atom is 0.313 e. The highest BCUT2D eigenvalue weighted by molar-refractivity contribution is 5.75. The van der Waals surface area contributed by atoms with Gasteiger partial charge in [-0.3, -0.25) is 4.79 Å². The van der Waals surface area contributed by atoms with E-state index in [2.05, 4.69) is 0 Å². The second kappa shape index (κ2) is 5.81. The maximum absolute atomic E-state index is 12.6. The monoisotopic (exact) mass is 308 g/mol. The summed E-state index contributed by atoms with van der Waals surface area (Å²) in [5, 5.41) is 0. The summed E-state index contributed by atoms with van der Waals surface area (Å²) < 4.78 is 12.0. The predicted octanol–water partition coefficient (Wildman–Crippen LogP) is 4.54. The lowest BCUT2D eigenvalue weighted by Crippen LogP contribution is -2.54. The first kappa shape index (κ1) is 16.3. The van der Waals surface area contributed by atoms with Gasteiger partial charge < -0.3 is 9.47 Å². The second-order valence-corrected chi connectivity index (χ2v) is 8.71. The Kier molecular flexibility index (Phi) is 4.30. The number of hydrogen-bond acceptors (Lipinski definition) is 3. The third-order valence-electron chi connectivity index (χ3n) is 6.55. The topological polar surface area (TPSA) is 35.5 Å². The SMILES string of the molecule is CCOC(OC(=O)C(C)(C)CC)C12CC3CC(CC(C3)C1)C2. The largest absolute Gasteiger partial charge is 0.435 e. The quantitative estimate of drug-likeness (QED) is 0.533. The molecule has 4 aliphatic carbocycles. The Labute approximate surface area is 135 Å². The fourth-order valence-corrected chi connectivity index (χ4v) is 5.35. The highest BCUT2D eigenvalue weighted by Crippen LogP contribution is 2.62. The minimum Gasteiger partial charge on any atom is -0.435 e. The van der Waals surface area contributed by atoms with Crippen LogP contribution in [-0.4, -0.2) is 18.9 Å². The highest BCUT2D eigenvalue weighted by atomic mass is 16.7. The van der Waals surface area contributed by atoms with Crippen LogP contribution < -0.4 is 0 Å². The van der Waals surface area contributed by atoms with E-state index in [1.54, 1.807) is 0 Å². The number of carbonyl (C=O) groups excluding carboxylic acids is 1. The standard InChI is InChI=1S/C19H32O3/c1-5-18(3,4)16(20)22-17(21-6-2)19-10-13-7-14(11-19)9-15(8-13)12-19/h13-15,17H,5-12H2,1-4H3. The van der Waals surface area contributed by atoms with Gasteiger partial charge in [0.1, 0.15) is 0 Å². The molecule has 4 bridgehead atoms. The summed E-state index contributed by atoms with van der Waals surface area (Å²) in [7, 11) is 0. The van der Waals surface area contributed by atoms with Crippen LogP contribution in [-0.2, 0) is 14.3 Å². The minimum absolute atomic E-state index is 0.0933. The van der Waals surface area contributed by atoms with Crippen LogP contribution in [0.3, 0.4) is 0 Å². The summed E-state index contributed by atoms with van der Waals surface area (Å²) >= 11 is 0. The molecule has 1 unspecified atom stereocenters. The Morgan fingerprint density at radius 3 is 2.00 bits per heavy atom. The molecule has 126 valence electrons. The Bertz CT molecular complexity index is 391. The molecule has 0 aromatic heterocycles. The van der Waals surface area contributed by atoms with Crippen LogP contribution in [0.5, 0.6) is 0 Å². The van der Waals surface area contributed by atoms with Gasteiger partial charge >= 0.3 is 5.97 Å². The Balaban J connectivity index is 1.77. The third kappa shape index (κ3) is 2.81. The lowest BCUT2D eigenvalue weighted by Gasteiger charge is -2.58. The molecule has 0 radical (unpaired) electrons. The molecular weight excluding hydrogens is 276 g/mol. The van der Waals surface area contributed by atoms with Gasteiger partial charge in [0.05, 0.1) is 5.41 Å². The molecule has 0 N–H and O–H groups in total. The number of rotatable bonds is 6. The molecule has 3 nitrogen and oxygen atoms in total. The van der Waals surface area contributed by atoms with E-state index in [0.717, 1.165) is 24.2 Å². The Hall–Kier alpha value is -0.570. The molecule has 22 heavy (non-hydrogen) atoms. The first-order valence-electron chi connectivity index (χ1n) is 9.21. The smallest absolute Gasteiger partial charge is 0.313 e. The van der Waals surface area contributed by atoms with Crippen LogP contribution in [0.1, 0.15) is 72.6 Å². The minimum atomic E-state index is -0.419. The van der Waals surface area contributed by atoms with Gasteiger partial charge in [-0.2, -0.15) is 0 Å². The summed E-state index contributed by atoms with van der Waals surface area (Å²) in [6.07, 6.45) is 8.25. The number of ether oxygens (including phenoxy) is 2. The zero-order valence-electron chi connectivity index (χ0n) is 14.7. The highest BCUT2D eigenvalue weighted by Gasteiger charge is 2.56. The summed E-state index contributed by atoms with van der Waals surface area (Å²) in [4.78, 5) is 12.6. The average molecular weight is 308 g/mol. The molecule has 4 fully saturated rings. The Morgan fingerprint density at radius 2 is 1.59 bits per heavy atom. The number of esters is 1. The molecule has 4 aliphatic rings. The fourth-order valence-electron chi connectivity index (χ4n) is 5.35. The molecule has 0 heterocycles. The van der Waals surface area contributed by atoms with Crippen molar-refractivity contribution >= 4 is 5.97 Å². The van der Waals surface area contributed by atoms with E-state index in [4.69, 9.17) is 9.47 Å². The molecule has 0 aromatic carbocycles. The van der Waals surface area contributed by atoms with E-state index in [1.807, 2.05) is 27.7 Å². The average Bonchev–Trinajstić information content (AvgIpc) is 2.45. The predicted molar refractivity (Wildman–Crippen MR) is 86.2 cm³/mol. The fraction of sp³-hybridized carbons (Fsp3) is 0.947. The van der Waals surface area contributed by atoms with E-state index < -0.39 is 5.41 Å². The molecule has 0 aromatic rings. The summed E-state index contributed by atoms with van der Waals surface area (Å²) in [5.74, 6) is 2.43. The molecule has 4 saturated carbocycles. The molecule has 0 aliphatic heterocycles. The second-order valence-electron chi connectivity index (χ2n) is 8.71. The van der Waals surface area contributed by atoms with Crippen LogP contribution in [0.2, 0.25) is 0 Å². The van der Waals surface area contributed by atoms with Gasteiger partial charge in [0.25, 0.3) is 0 Å². The lowest BCUT2D eigenvalue weighted by molar-refractivity contribution is -0.248. The summed E-state index contributed by atoms with van der Waals surface area (Å²) in [6.45, 7) is 8.61. The van der Waals surface area contributed by atoms with Gasteiger partial charge in [0.2, 0.25) is 6.29 Å². The van der Waals surface area contributed by atoms with Crippen molar-refractivity contribution in [3.8, 4) is 0 Å². The molecule has 0 amide bonds. The van der Waals surface area contributed by atoms with Gasteiger partial charge in [-0.25, -0.2) is 0 Å². The first-order chi connectivity index (χ1) is 10.4. The molecule has 4 rings (SSSR count). The van der Waals surface area contributed by atoms with Crippen LogP contribution in [0.25, 0.3) is 0 Å². The third-order valence-corrected chi connectivity index (χ3v) is 6.55. The van der Waals surface area contributed by atoms with E-state index >= 15 is 0 Å². The first-order valence-corrected chi connectivity index (χ1v) is 9.21. The summed E-state index contributed by atoms with van der Waals surface area (Å²) in [5.41, 5.74) is -0.318. The van der Waals surface area contributed by atoms with E-state index in [9.17, 15) is 4.79 Å². The van der Waals surface area contributed by atoms with Crippen LogP contribution in [0.4, 0.5) is 0 Å². The van der Waals surface area contributed by atoms with Crippen molar-refractivity contribution in [1.82, 2.24) is 0 Å². The maximum atomic E-state index is 12.6. The van der Waals surface area contributed by atoms with Gasteiger partial charge in [-0.1, -0.05) is 6.92 Å². The zero-order valence-corrected chi connectivity index (χ0v) is 14.7. The van der Waals surface area contributed by atoms with E-state index in [-0.39, 0.29) is 17.7 Å². The van der Waals surface area contributed by atoms with E-state index in [0.29, 0.717) is 6.61 Å². The molecule has 0 saturated heterocycles. The Morgan fingerprint density at radius 1 is 1.09 bits per heavy atom. The van der Waals surface area contributed by atoms with E-state index in [1.165, 1.54) is 38.5 Å². The van der Waals surface area contributed by atoms with Crippen molar-refractivity contribution in [3.05, 3.63) is 0 Å². The van der Waals surface area contributed by atoms with Crippen molar-refractivity contribution in [1.29, 1.82) is 0 Å². The normalized spacial score (nSPS) is 38.1. The van der Waals surface area contributed by atoms with Gasteiger partial charge in [0, 0.05) is 12.0 Å². The van der Waals surface area contributed by atoms with Crippen molar-refractivity contribution < 1.29 is 14.3 Å². The summed E-state index contributed by atoms with van der Waals surface area (Å²) in [6, 6.07) is 0. The van der Waals surface area contributed by atoms with Crippen LogP contribution in [0, 0.1) is 28.6 Å².